The van der Waals surface area contributed by atoms with E-state index in [1.165, 1.54) is 24.3 Å². The molecular formula is C10H11F3N2O. The zero-order valence-electron chi connectivity index (χ0n) is 8.51. The van der Waals surface area contributed by atoms with Crippen LogP contribution in [0.2, 0.25) is 0 Å². The monoisotopic (exact) mass is 232 g/mol. The van der Waals surface area contributed by atoms with Crippen molar-refractivity contribution in [2.75, 3.05) is 0 Å². The minimum Gasteiger partial charge on any atom is -0.290 e. The molecule has 6 heteroatoms. The summed E-state index contributed by atoms with van der Waals surface area (Å²) < 4.78 is 37.6. The highest BCUT2D eigenvalue weighted by atomic mass is 19.4. The van der Waals surface area contributed by atoms with Crippen LogP contribution in [0.15, 0.2) is 24.3 Å². The third-order valence-electron chi connectivity index (χ3n) is 2.29. The highest BCUT2D eigenvalue weighted by Gasteiger charge is 2.38. The summed E-state index contributed by atoms with van der Waals surface area (Å²) in [4.78, 5) is 11.3. The van der Waals surface area contributed by atoms with Gasteiger partial charge >= 0.3 is 6.18 Å². The molecule has 0 fully saturated rings. The first kappa shape index (κ1) is 12.5. The Morgan fingerprint density at radius 3 is 2.44 bits per heavy atom. The van der Waals surface area contributed by atoms with Crippen LogP contribution in [0, 0.1) is 0 Å². The molecule has 3 N–H and O–H groups in total. The molecule has 1 unspecified atom stereocenters. The number of amides is 1. The van der Waals surface area contributed by atoms with Crippen LogP contribution >= 0.6 is 0 Å². The van der Waals surface area contributed by atoms with Crippen molar-refractivity contribution in [3.05, 3.63) is 35.4 Å². The number of hydrogen-bond donors (Lipinski definition) is 2. The van der Waals surface area contributed by atoms with Crippen LogP contribution in [-0.2, 0) is 0 Å². The third-order valence-corrected chi connectivity index (χ3v) is 2.29. The van der Waals surface area contributed by atoms with Gasteiger partial charge in [-0.25, -0.2) is 5.84 Å². The topological polar surface area (TPSA) is 55.1 Å². The molecule has 88 valence electrons. The highest BCUT2D eigenvalue weighted by Crippen LogP contribution is 2.35. The summed E-state index contributed by atoms with van der Waals surface area (Å²) in [5, 5.41) is 0. The fraction of sp³-hybridized carbons (Fsp3) is 0.300. The molecule has 1 aromatic carbocycles. The van der Waals surface area contributed by atoms with E-state index in [2.05, 4.69) is 0 Å². The number of carbonyl (C=O) groups excluding carboxylic acids is 1. The van der Waals surface area contributed by atoms with E-state index in [1.54, 1.807) is 0 Å². The molecule has 16 heavy (non-hydrogen) atoms. The molecule has 3 nitrogen and oxygen atoms in total. The number of hydrogen-bond acceptors (Lipinski definition) is 2. The lowest BCUT2D eigenvalue weighted by Gasteiger charge is -2.18. The van der Waals surface area contributed by atoms with E-state index in [9.17, 15) is 18.0 Å². The summed E-state index contributed by atoms with van der Waals surface area (Å²) in [6, 6.07) is 5.50. The quantitative estimate of drug-likeness (QED) is 0.465. The first-order valence-electron chi connectivity index (χ1n) is 4.54. The Morgan fingerprint density at radius 1 is 1.38 bits per heavy atom. The maximum Gasteiger partial charge on any atom is 0.395 e. The number of hydrazine groups is 1. The van der Waals surface area contributed by atoms with Crippen molar-refractivity contribution in [3.63, 3.8) is 0 Å². The third kappa shape index (κ3) is 2.52. The van der Waals surface area contributed by atoms with Crippen LogP contribution in [0.4, 0.5) is 13.2 Å². The molecule has 0 aromatic heterocycles. The van der Waals surface area contributed by atoms with E-state index in [4.69, 9.17) is 5.84 Å². The van der Waals surface area contributed by atoms with E-state index in [-0.39, 0.29) is 11.1 Å². The predicted molar refractivity (Wildman–Crippen MR) is 52.6 cm³/mol. The van der Waals surface area contributed by atoms with Gasteiger partial charge in [-0.1, -0.05) is 18.2 Å². The fourth-order valence-electron chi connectivity index (χ4n) is 1.34. The number of nitrogens with two attached hydrogens (primary N) is 1. The summed E-state index contributed by atoms with van der Waals surface area (Å²) in [6.07, 6.45) is -4.38. The number of nitrogens with one attached hydrogen (secondary N) is 1. The summed E-state index contributed by atoms with van der Waals surface area (Å²) in [7, 11) is 0. The predicted octanol–water partition coefficient (Wildman–Crippen LogP) is 1.96. The number of alkyl halides is 3. The molecule has 1 rings (SSSR count). The number of halogens is 3. The van der Waals surface area contributed by atoms with Crippen LogP contribution < -0.4 is 11.3 Å². The largest absolute Gasteiger partial charge is 0.395 e. The average Bonchev–Trinajstić information content (AvgIpc) is 2.25. The highest BCUT2D eigenvalue weighted by molar-refractivity contribution is 5.95. The summed E-state index contributed by atoms with van der Waals surface area (Å²) in [6.45, 7) is 1.00. The Morgan fingerprint density at radius 2 is 1.94 bits per heavy atom. The van der Waals surface area contributed by atoms with Gasteiger partial charge < -0.3 is 0 Å². The Labute approximate surface area is 90.4 Å². The van der Waals surface area contributed by atoms with E-state index >= 15 is 0 Å². The van der Waals surface area contributed by atoms with Crippen LogP contribution in [0.1, 0.15) is 28.8 Å². The second kappa shape index (κ2) is 4.52. The van der Waals surface area contributed by atoms with Crippen molar-refractivity contribution in [1.29, 1.82) is 0 Å². The van der Waals surface area contributed by atoms with Crippen LogP contribution in [-0.4, -0.2) is 12.1 Å². The maximum absolute atomic E-state index is 12.5. The van der Waals surface area contributed by atoms with Crippen molar-refractivity contribution < 1.29 is 18.0 Å². The van der Waals surface area contributed by atoms with E-state index in [0.29, 0.717) is 0 Å². The first-order chi connectivity index (χ1) is 7.38. The number of carbonyl (C=O) groups is 1. The molecule has 0 spiro atoms. The second-order valence-corrected chi connectivity index (χ2v) is 3.32. The van der Waals surface area contributed by atoms with Gasteiger partial charge in [0.05, 0.1) is 5.92 Å². The molecule has 0 bridgehead atoms. The summed E-state index contributed by atoms with van der Waals surface area (Å²) in [5.74, 6) is 2.46. The number of rotatable bonds is 2. The Bertz CT molecular complexity index is 390. The number of nitrogen functional groups attached to an aromatic ring is 1. The smallest absolute Gasteiger partial charge is 0.290 e. The van der Waals surface area contributed by atoms with Gasteiger partial charge in [0.2, 0.25) is 0 Å². The van der Waals surface area contributed by atoms with Crippen molar-refractivity contribution in [3.8, 4) is 0 Å². The fourth-order valence-corrected chi connectivity index (χ4v) is 1.34. The van der Waals surface area contributed by atoms with Crippen molar-refractivity contribution >= 4 is 5.91 Å². The Balaban J connectivity index is 3.18. The molecule has 0 saturated heterocycles. The van der Waals surface area contributed by atoms with Gasteiger partial charge in [0, 0.05) is 5.56 Å². The average molecular weight is 232 g/mol. The summed E-state index contributed by atoms with van der Waals surface area (Å²) in [5.41, 5.74) is 1.68. The minimum absolute atomic E-state index is 0.0603. The molecular weight excluding hydrogens is 221 g/mol. The van der Waals surface area contributed by atoms with E-state index in [0.717, 1.165) is 6.92 Å². The van der Waals surface area contributed by atoms with E-state index < -0.39 is 18.0 Å². The maximum atomic E-state index is 12.5. The van der Waals surface area contributed by atoms with Crippen LogP contribution in [0.25, 0.3) is 0 Å². The van der Waals surface area contributed by atoms with Crippen LogP contribution in [0.3, 0.4) is 0 Å². The van der Waals surface area contributed by atoms with Gasteiger partial charge in [0.25, 0.3) is 5.91 Å². The Hall–Kier alpha value is -1.56. The molecule has 0 saturated carbocycles. The SMILES string of the molecule is CC(c1ccccc1C(=O)NN)C(F)(F)F. The normalized spacial score (nSPS) is 13.3. The van der Waals surface area contributed by atoms with Crippen molar-refractivity contribution in [1.82, 2.24) is 5.43 Å². The lowest BCUT2D eigenvalue weighted by molar-refractivity contribution is -0.146. The number of benzene rings is 1. The molecule has 1 amide bonds. The lowest BCUT2D eigenvalue weighted by Crippen LogP contribution is -2.32. The van der Waals surface area contributed by atoms with Gasteiger partial charge in [0.15, 0.2) is 0 Å². The second-order valence-electron chi connectivity index (χ2n) is 3.32. The van der Waals surface area contributed by atoms with Gasteiger partial charge in [-0.3, -0.25) is 10.2 Å². The zero-order chi connectivity index (χ0) is 12.3. The lowest BCUT2D eigenvalue weighted by atomic mass is 9.95. The van der Waals surface area contributed by atoms with Crippen molar-refractivity contribution in [2.24, 2.45) is 5.84 Å². The molecule has 0 heterocycles. The van der Waals surface area contributed by atoms with Gasteiger partial charge in [-0.2, -0.15) is 13.2 Å². The Kier molecular flexibility index (Phi) is 3.54. The molecule has 1 aromatic rings. The molecule has 1 atom stereocenters. The molecule has 0 aliphatic heterocycles. The van der Waals surface area contributed by atoms with Crippen LogP contribution in [0.5, 0.6) is 0 Å². The zero-order valence-corrected chi connectivity index (χ0v) is 8.51. The molecule has 0 aliphatic rings. The standard InChI is InChI=1S/C10H11F3N2O/c1-6(10(11,12)13)7-4-2-3-5-8(7)9(16)15-14/h2-6H,14H2,1H3,(H,15,16). The van der Waals surface area contributed by atoms with E-state index in [1.807, 2.05) is 5.43 Å². The molecule has 0 radical (unpaired) electrons. The minimum atomic E-state index is -4.38. The van der Waals surface area contributed by atoms with Gasteiger partial charge in [-0.05, 0) is 18.6 Å². The van der Waals surface area contributed by atoms with Gasteiger partial charge in [0.1, 0.15) is 0 Å². The van der Waals surface area contributed by atoms with Gasteiger partial charge in [-0.15, -0.1) is 0 Å². The molecule has 0 aliphatic carbocycles. The van der Waals surface area contributed by atoms with Crippen molar-refractivity contribution in [2.45, 2.75) is 19.0 Å². The summed E-state index contributed by atoms with van der Waals surface area (Å²) >= 11 is 0. The first-order valence-corrected chi connectivity index (χ1v) is 4.54.